The standard InChI is InChI=1S/C14H20F2O4/c1-3-19-10(17)12-5-7-13(8-6-12,11(18)20-4-2)14(15,16)9-12/h3-9H2,1-2H3. The third-order valence-electron chi connectivity index (χ3n) is 4.70. The van der Waals surface area contributed by atoms with Gasteiger partial charge in [0.25, 0.3) is 5.92 Å². The van der Waals surface area contributed by atoms with Crippen LogP contribution in [-0.4, -0.2) is 31.1 Å². The fraction of sp³-hybridized carbons (Fsp3) is 0.857. The summed E-state index contributed by atoms with van der Waals surface area (Å²) >= 11 is 0. The van der Waals surface area contributed by atoms with E-state index in [0.29, 0.717) is 0 Å². The van der Waals surface area contributed by atoms with Gasteiger partial charge in [-0.2, -0.15) is 0 Å². The van der Waals surface area contributed by atoms with Crippen LogP contribution in [0.25, 0.3) is 0 Å². The lowest BCUT2D eigenvalue weighted by Gasteiger charge is -2.54. The van der Waals surface area contributed by atoms with Crippen molar-refractivity contribution in [2.75, 3.05) is 13.2 Å². The van der Waals surface area contributed by atoms with E-state index in [9.17, 15) is 18.4 Å². The first-order valence-corrected chi connectivity index (χ1v) is 7.06. The van der Waals surface area contributed by atoms with Crippen molar-refractivity contribution in [2.45, 2.75) is 51.9 Å². The van der Waals surface area contributed by atoms with Crippen LogP contribution in [0.3, 0.4) is 0 Å². The molecule has 0 spiro atoms. The average molecular weight is 290 g/mol. The van der Waals surface area contributed by atoms with Gasteiger partial charge in [-0.3, -0.25) is 9.59 Å². The van der Waals surface area contributed by atoms with Gasteiger partial charge in [-0.05, 0) is 39.5 Å². The van der Waals surface area contributed by atoms with Gasteiger partial charge in [0.05, 0.1) is 18.6 Å². The highest BCUT2D eigenvalue weighted by Gasteiger charge is 2.71. The van der Waals surface area contributed by atoms with Crippen molar-refractivity contribution in [1.82, 2.24) is 0 Å². The Balaban J connectivity index is 2.26. The number of esters is 2. The van der Waals surface area contributed by atoms with Gasteiger partial charge >= 0.3 is 11.9 Å². The maximum absolute atomic E-state index is 14.5. The zero-order valence-corrected chi connectivity index (χ0v) is 11.8. The lowest BCUT2D eigenvalue weighted by Crippen LogP contribution is -2.61. The van der Waals surface area contributed by atoms with Crippen molar-refractivity contribution >= 4 is 11.9 Å². The van der Waals surface area contributed by atoms with Crippen LogP contribution < -0.4 is 0 Å². The van der Waals surface area contributed by atoms with E-state index in [0.717, 1.165) is 0 Å². The Morgan fingerprint density at radius 3 is 1.90 bits per heavy atom. The number of halogens is 2. The number of hydrogen-bond acceptors (Lipinski definition) is 4. The van der Waals surface area contributed by atoms with E-state index in [1.165, 1.54) is 0 Å². The number of carbonyl (C=O) groups is 2. The molecule has 0 unspecified atom stereocenters. The molecule has 0 amide bonds. The first kappa shape index (κ1) is 15.2. The third kappa shape index (κ3) is 2.00. The van der Waals surface area contributed by atoms with Crippen LogP contribution in [0.15, 0.2) is 0 Å². The van der Waals surface area contributed by atoms with E-state index >= 15 is 0 Å². The zero-order chi connectivity index (χ0) is 15.0. The molecule has 20 heavy (non-hydrogen) atoms. The van der Waals surface area contributed by atoms with Crippen LogP contribution in [0, 0.1) is 10.8 Å². The number of ether oxygens (including phenoxy) is 2. The van der Waals surface area contributed by atoms with E-state index in [1.807, 2.05) is 0 Å². The largest absolute Gasteiger partial charge is 0.466 e. The first-order chi connectivity index (χ1) is 9.33. The molecule has 0 heterocycles. The van der Waals surface area contributed by atoms with E-state index in [2.05, 4.69) is 0 Å². The van der Waals surface area contributed by atoms with Crippen molar-refractivity contribution in [3.63, 3.8) is 0 Å². The van der Waals surface area contributed by atoms with Gasteiger partial charge in [0, 0.05) is 6.42 Å². The lowest BCUT2D eigenvalue weighted by atomic mass is 9.51. The molecule has 6 heteroatoms. The second-order valence-electron chi connectivity index (χ2n) is 5.68. The minimum atomic E-state index is -3.22. The van der Waals surface area contributed by atoms with Gasteiger partial charge in [-0.25, -0.2) is 8.78 Å². The summed E-state index contributed by atoms with van der Waals surface area (Å²) in [5.41, 5.74) is -2.88. The molecule has 0 aromatic carbocycles. The topological polar surface area (TPSA) is 52.6 Å². The van der Waals surface area contributed by atoms with Crippen molar-refractivity contribution < 1.29 is 27.8 Å². The molecule has 114 valence electrons. The Morgan fingerprint density at radius 2 is 1.45 bits per heavy atom. The number of alkyl halides is 2. The van der Waals surface area contributed by atoms with Crippen LogP contribution in [0.4, 0.5) is 8.78 Å². The fourth-order valence-electron chi connectivity index (χ4n) is 3.48. The Bertz CT molecular complexity index is 411. The predicted octanol–water partition coefficient (Wildman–Crippen LogP) is 2.70. The van der Waals surface area contributed by atoms with Gasteiger partial charge in [0.15, 0.2) is 0 Å². The molecule has 3 aliphatic carbocycles. The van der Waals surface area contributed by atoms with Crippen molar-refractivity contribution in [2.24, 2.45) is 10.8 Å². The van der Waals surface area contributed by atoms with Crippen LogP contribution in [0.2, 0.25) is 0 Å². The molecule has 0 aromatic rings. The minimum absolute atomic E-state index is 0.0162. The zero-order valence-electron chi connectivity index (χ0n) is 11.8. The van der Waals surface area contributed by atoms with E-state index < -0.39 is 35.1 Å². The molecule has 0 N–H and O–H groups in total. The molecule has 3 aliphatic rings. The maximum atomic E-state index is 14.5. The normalized spacial score (nSPS) is 34.6. The smallest absolute Gasteiger partial charge is 0.318 e. The highest BCUT2D eigenvalue weighted by atomic mass is 19.3. The second kappa shape index (κ2) is 4.97. The molecule has 3 saturated carbocycles. The quantitative estimate of drug-likeness (QED) is 0.747. The highest BCUT2D eigenvalue weighted by Crippen LogP contribution is 2.64. The molecular formula is C14H20F2O4. The summed E-state index contributed by atoms with van der Waals surface area (Å²) in [5, 5.41) is 0. The molecule has 3 rings (SSSR count). The molecule has 0 radical (unpaired) electrons. The summed E-state index contributed by atoms with van der Waals surface area (Å²) in [6.45, 7) is 3.51. The van der Waals surface area contributed by atoms with Crippen molar-refractivity contribution in [3.8, 4) is 0 Å². The SMILES string of the molecule is CCOC(=O)C12CCC(C(=O)OCC)(CC1)C(F)(F)C2. The Labute approximate surface area is 116 Å². The average Bonchev–Trinajstić information content (AvgIpc) is 2.39. The van der Waals surface area contributed by atoms with Crippen LogP contribution in [0.1, 0.15) is 46.0 Å². The number of carbonyl (C=O) groups excluding carboxylic acids is 2. The van der Waals surface area contributed by atoms with Gasteiger partial charge in [0.1, 0.15) is 5.41 Å². The molecule has 0 aliphatic heterocycles. The minimum Gasteiger partial charge on any atom is -0.466 e. The highest BCUT2D eigenvalue weighted by molar-refractivity contribution is 5.83. The van der Waals surface area contributed by atoms with Gasteiger partial charge < -0.3 is 9.47 Å². The fourth-order valence-corrected chi connectivity index (χ4v) is 3.48. The summed E-state index contributed by atoms with van der Waals surface area (Å²) in [6.07, 6.45) is -0.118. The Hall–Kier alpha value is -1.20. The third-order valence-corrected chi connectivity index (χ3v) is 4.70. The molecule has 0 saturated heterocycles. The summed E-state index contributed by atoms with van der Waals surface area (Å²) in [6, 6.07) is 0. The number of rotatable bonds is 4. The van der Waals surface area contributed by atoms with E-state index in [4.69, 9.17) is 9.47 Å². The van der Waals surface area contributed by atoms with Crippen LogP contribution in [-0.2, 0) is 19.1 Å². The Morgan fingerprint density at radius 1 is 0.950 bits per heavy atom. The Kier molecular flexibility index (Phi) is 3.77. The van der Waals surface area contributed by atoms with Crippen molar-refractivity contribution in [1.29, 1.82) is 0 Å². The summed E-state index contributed by atoms with van der Waals surface area (Å²) in [5.74, 6) is -4.61. The molecule has 0 aromatic heterocycles. The number of fused-ring (bicyclic) bond motifs is 3. The van der Waals surface area contributed by atoms with Gasteiger partial charge in [-0.1, -0.05) is 0 Å². The molecule has 3 fully saturated rings. The monoisotopic (exact) mass is 290 g/mol. The summed E-state index contributed by atoms with van der Waals surface area (Å²) < 4.78 is 38.7. The van der Waals surface area contributed by atoms with E-state index in [1.54, 1.807) is 13.8 Å². The summed E-state index contributed by atoms with van der Waals surface area (Å²) in [4.78, 5) is 24.0. The first-order valence-electron chi connectivity index (χ1n) is 7.06. The molecule has 0 atom stereocenters. The molecule has 4 nitrogen and oxygen atoms in total. The summed E-state index contributed by atoms with van der Waals surface area (Å²) in [7, 11) is 0. The lowest BCUT2D eigenvalue weighted by molar-refractivity contribution is -0.238. The molecule has 2 bridgehead atoms. The van der Waals surface area contributed by atoms with Crippen LogP contribution in [0.5, 0.6) is 0 Å². The molecular weight excluding hydrogens is 270 g/mol. The van der Waals surface area contributed by atoms with Gasteiger partial charge in [-0.15, -0.1) is 0 Å². The maximum Gasteiger partial charge on any atom is 0.318 e. The van der Waals surface area contributed by atoms with Crippen LogP contribution >= 0.6 is 0 Å². The second-order valence-corrected chi connectivity index (χ2v) is 5.68. The van der Waals surface area contributed by atoms with Crippen molar-refractivity contribution in [3.05, 3.63) is 0 Å². The van der Waals surface area contributed by atoms with Gasteiger partial charge in [0.2, 0.25) is 0 Å². The number of hydrogen-bond donors (Lipinski definition) is 0. The predicted molar refractivity (Wildman–Crippen MR) is 66.2 cm³/mol. The van der Waals surface area contributed by atoms with E-state index in [-0.39, 0.29) is 38.9 Å².